The van der Waals surface area contributed by atoms with E-state index in [4.69, 9.17) is 4.52 Å². The molecular weight excluding hydrogens is 360 g/mol. The standard InChI is InChI=1S/C24H26N4O/c1-28-11-5-8-20(28)15-19-16-25-22-10-9-18(12-21(19)22)14-24-26-23(27-29-24)13-17-6-3-2-4-7-17/h2-4,6-7,9-10,12,16,20,25H,5,8,11,13-15H2,1H3/t20-/m1/s1. The zero-order valence-electron chi connectivity index (χ0n) is 16.8. The Balaban J connectivity index is 1.32. The van der Waals surface area contributed by atoms with Crippen LogP contribution in [-0.4, -0.2) is 39.7 Å². The molecule has 3 heterocycles. The van der Waals surface area contributed by atoms with Gasteiger partial charge in [0.05, 0.1) is 6.42 Å². The molecule has 5 nitrogen and oxygen atoms in total. The van der Waals surface area contributed by atoms with E-state index in [2.05, 4.69) is 63.6 Å². The number of H-pyrrole nitrogens is 1. The topological polar surface area (TPSA) is 58.0 Å². The second-order valence-corrected chi connectivity index (χ2v) is 8.12. The highest BCUT2D eigenvalue weighted by Crippen LogP contribution is 2.26. The molecule has 5 heteroatoms. The summed E-state index contributed by atoms with van der Waals surface area (Å²) in [6.07, 6.45) is 7.21. The first-order chi connectivity index (χ1) is 14.2. The molecule has 1 N–H and O–H groups in total. The molecule has 0 bridgehead atoms. The van der Waals surface area contributed by atoms with E-state index in [0.717, 1.165) is 12.2 Å². The molecule has 5 rings (SSSR count). The van der Waals surface area contributed by atoms with Crippen LogP contribution in [0.4, 0.5) is 0 Å². The smallest absolute Gasteiger partial charge is 0.231 e. The number of fused-ring (bicyclic) bond motifs is 1. The summed E-state index contributed by atoms with van der Waals surface area (Å²) in [6, 6.07) is 17.5. The third-order valence-electron chi connectivity index (χ3n) is 6.03. The first-order valence-corrected chi connectivity index (χ1v) is 10.4. The molecule has 0 amide bonds. The first kappa shape index (κ1) is 18.1. The average molecular weight is 386 g/mol. The Morgan fingerprint density at radius 3 is 2.83 bits per heavy atom. The number of nitrogens with zero attached hydrogens (tertiary/aromatic N) is 3. The number of hydrogen-bond acceptors (Lipinski definition) is 4. The van der Waals surface area contributed by atoms with E-state index in [1.165, 1.54) is 47.0 Å². The van der Waals surface area contributed by atoms with Gasteiger partial charge in [0.1, 0.15) is 0 Å². The van der Waals surface area contributed by atoms with Gasteiger partial charge in [-0.2, -0.15) is 4.98 Å². The van der Waals surface area contributed by atoms with Crippen molar-refractivity contribution in [3.05, 3.63) is 83.1 Å². The van der Waals surface area contributed by atoms with Crippen LogP contribution in [0.25, 0.3) is 10.9 Å². The van der Waals surface area contributed by atoms with Gasteiger partial charge < -0.3 is 14.4 Å². The number of aromatic nitrogens is 3. The number of aromatic amines is 1. The molecule has 1 fully saturated rings. The van der Waals surface area contributed by atoms with Crippen molar-refractivity contribution in [2.24, 2.45) is 0 Å². The molecule has 1 saturated heterocycles. The zero-order valence-corrected chi connectivity index (χ0v) is 16.8. The van der Waals surface area contributed by atoms with Crippen LogP contribution in [0.5, 0.6) is 0 Å². The summed E-state index contributed by atoms with van der Waals surface area (Å²) in [4.78, 5) is 10.5. The lowest BCUT2D eigenvalue weighted by atomic mass is 10.0. The Morgan fingerprint density at radius 2 is 2.00 bits per heavy atom. The number of likely N-dealkylation sites (N-methyl/N-ethyl adjacent to an activating group) is 1. The molecule has 4 aromatic rings. The van der Waals surface area contributed by atoms with Crippen LogP contribution in [0, 0.1) is 0 Å². The predicted molar refractivity (Wildman–Crippen MR) is 114 cm³/mol. The minimum atomic E-state index is 0.647. The van der Waals surface area contributed by atoms with Crippen molar-refractivity contribution in [1.82, 2.24) is 20.0 Å². The quantitative estimate of drug-likeness (QED) is 0.535. The summed E-state index contributed by atoms with van der Waals surface area (Å²) in [7, 11) is 2.24. The molecule has 2 aromatic heterocycles. The maximum Gasteiger partial charge on any atom is 0.231 e. The van der Waals surface area contributed by atoms with E-state index in [9.17, 15) is 0 Å². The Hall–Kier alpha value is -2.92. The summed E-state index contributed by atoms with van der Waals surface area (Å²) in [5.74, 6) is 1.40. The van der Waals surface area contributed by atoms with Gasteiger partial charge in [-0.1, -0.05) is 41.6 Å². The van der Waals surface area contributed by atoms with Crippen LogP contribution in [0.2, 0.25) is 0 Å². The first-order valence-electron chi connectivity index (χ1n) is 10.4. The Kier molecular flexibility index (Phi) is 4.90. The molecule has 0 unspecified atom stereocenters. The fourth-order valence-corrected chi connectivity index (χ4v) is 4.38. The fraction of sp³-hybridized carbons (Fsp3) is 0.333. The van der Waals surface area contributed by atoms with Gasteiger partial charge >= 0.3 is 0 Å². The summed E-state index contributed by atoms with van der Waals surface area (Å²) >= 11 is 0. The average Bonchev–Trinajstić information content (AvgIpc) is 3.45. The van der Waals surface area contributed by atoms with E-state index in [0.29, 0.717) is 24.8 Å². The largest absolute Gasteiger partial charge is 0.361 e. The molecular formula is C24H26N4O. The Bertz CT molecular complexity index is 1100. The third-order valence-corrected chi connectivity index (χ3v) is 6.03. The van der Waals surface area contributed by atoms with E-state index >= 15 is 0 Å². The van der Waals surface area contributed by atoms with Crippen LogP contribution < -0.4 is 0 Å². The highest BCUT2D eigenvalue weighted by Gasteiger charge is 2.22. The maximum atomic E-state index is 5.51. The monoisotopic (exact) mass is 386 g/mol. The van der Waals surface area contributed by atoms with Crippen molar-refractivity contribution in [3.63, 3.8) is 0 Å². The van der Waals surface area contributed by atoms with Crippen LogP contribution in [0.3, 0.4) is 0 Å². The highest BCUT2D eigenvalue weighted by molar-refractivity contribution is 5.84. The van der Waals surface area contributed by atoms with Gasteiger partial charge in [0, 0.05) is 29.6 Å². The van der Waals surface area contributed by atoms with Gasteiger partial charge in [-0.25, -0.2) is 0 Å². The van der Waals surface area contributed by atoms with E-state index in [1.807, 2.05) is 18.2 Å². The molecule has 0 radical (unpaired) electrons. The van der Waals surface area contributed by atoms with E-state index in [-0.39, 0.29) is 0 Å². The number of rotatable bonds is 6. The highest BCUT2D eigenvalue weighted by atomic mass is 16.5. The van der Waals surface area contributed by atoms with Crippen molar-refractivity contribution in [1.29, 1.82) is 0 Å². The zero-order chi connectivity index (χ0) is 19.6. The molecule has 1 atom stereocenters. The lowest BCUT2D eigenvalue weighted by Crippen LogP contribution is -2.26. The Morgan fingerprint density at radius 1 is 1.10 bits per heavy atom. The lowest BCUT2D eigenvalue weighted by Gasteiger charge is -2.18. The van der Waals surface area contributed by atoms with Crippen molar-refractivity contribution in [3.8, 4) is 0 Å². The van der Waals surface area contributed by atoms with Crippen LogP contribution in [0.1, 0.15) is 41.2 Å². The second kappa shape index (κ2) is 7.84. The summed E-state index contributed by atoms with van der Waals surface area (Å²) < 4.78 is 5.51. The summed E-state index contributed by atoms with van der Waals surface area (Å²) in [5.41, 5.74) is 4.98. The van der Waals surface area contributed by atoms with Crippen LogP contribution >= 0.6 is 0 Å². The minimum Gasteiger partial charge on any atom is -0.361 e. The van der Waals surface area contributed by atoms with E-state index in [1.54, 1.807) is 0 Å². The predicted octanol–water partition coefficient (Wildman–Crippen LogP) is 4.37. The van der Waals surface area contributed by atoms with Crippen LogP contribution in [-0.2, 0) is 19.3 Å². The number of hydrogen-bond donors (Lipinski definition) is 1. The normalized spacial score (nSPS) is 17.3. The van der Waals surface area contributed by atoms with Crippen molar-refractivity contribution >= 4 is 10.9 Å². The molecule has 2 aromatic carbocycles. The van der Waals surface area contributed by atoms with Gasteiger partial charge in [0.15, 0.2) is 5.82 Å². The van der Waals surface area contributed by atoms with Gasteiger partial charge in [-0.15, -0.1) is 0 Å². The molecule has 1 aliphatic heterocycles. The van der Waals surface area contributed by atoms with Gasteiger partial charge in [0.2, 0.25) is 5.89 Å². The van der Waals surface area contributed by atoms with Crippen molar-refractivity contribution in [2.75, 3.05) is 13.6 Å². The summed E-state index contributed by atoms with van der Waals surface area (Å²) in [6.45, 7) is 1.21. The molecule has 29 heavy (non-hydrogen) atoms. The number of benzene rings is 2. The molecule has 0 aliphatic carbocycles. The van der Waals surface area contributed by atoms with Gasteiger partial charge in [-0.05, 0) is 61.7 Å². The minimum absolute atomic E-state index is 0.647. The van der Waals surface area contributed by atoms with Gasteiger partial charge in [-0.3, -0.25) is 0 Å². The summed E-state index contributed by atoms with van der Waals surface area (Å²) in [5, 5.41) is 5.47. The molecule has 0 saturated carbocycles. The molecule has 148 valence electrons. The SMILES string of the molecule is CN1CCC[C@@H]1Cc1c[nH]c2ccc(Cc3nc(Cc4ccccc4)no3)cc12. The van der Waals surface area contributed by atoms with Crippen molar-refractivity contribution < 1.29 is 4.52 Å². The lowest BCUT2D eigenvalue weighted by molar-refractivity contribution is 0.310. The fourth-order valence-electron chi connectivity index (χ4n) is 4.38. The number of nitrogens with one attached hydrogen (secondary N) is 1. The molecule has 1 aliphatic rings. The number of likely N-dealkylation sites (tertiary alicyclic amines) is 1. The van der Waals surface area contributed by atoms with E-state index < -0.39 is 0 Å². The Labute approximate surface area is 170 Å². The van der Waals surface area contributed by atoms with Crippen LogP contribution in [0.15, 0.2) is 59.3 Å². The molecule has 0 spiro atoms. The maximum absolute atomic E-state index is 5.51. The van der Waals surface area contributed by atoms with Crippen molar-refractivity contribution in [2.45, 2.75) is 38.1 Å². The third kappa shape index (κ3) is 3.96. The second-order valence-electron chi connectivity index (χ2n) is 8.12. The van der Waals surface area contributed by atoms with Gasteiger partial charge in [0.25, 0.3) is 0 Å².